The van der Waals surface area contributed by atoms with Crippen LogP contribution in [0.3, 0.4) is 0 Å². The van der Waals surface area contributed by atoms with Crippen molar-refractivity contribution in [3.63, 3.8) is 0 Å². The molecule has 0 aliphatic carbocycles. The summed E-state index contributed by atoms with van der Waals surface area (Å²) in [6.07, 6.45) is 3.30. The van der Waals surface area contributed by atoms with E-state index in [1.807, 2.05) is 53.2 Å². The van der Waals surface area contributed by atoms with E-state index >= 15 is 0 Å². The number of aliphatic hydroxyl groups is 1. The van der Waals surface area contributed by atoms with Crippen LogP contribution in [0, 0.1) is 0 Å². The molecule has 0 fully saturated rings. The summed E-state index contributed by atoms with van der Waals surface area (Å²) in [5.41, 5.74) is 1.78. The summed E-state index contributed by atoms with van der Waals surface area (Å²) in [7, 11) is 0. The zero-order chi connectivity index (χ0) is 18.7. The number of benzene rings is 2. The lowest BCUT2D eigenvalue weighted by atomic mass is 9.95. The number of para-hydroxylation sites is 1. The maximum absolute atomic E-state index is 13.0. The van der Waals surface area contributed by atoms with Crippen LogP contribution in [0.5, 0.6) is 0 Å². The smallest absolute Gasteiger partial charge is 0.215 e. The number of rotatable bonds is 6. The summed E-state index contributed by atoms with van der Waals surface area (Å²) in [6, 6.07) is 15.1. The normalized spacial score (nSPS) is 11.8. The largest absolute Gasteiger partial charge is 0.386 e. The topological polar surface area (TPSA) is 55.1 Å². The second-order valence-corrected chi connectivity index (χ2v) is 7.26. The summed E-state index contributed by atoms with van der Waals surface area (Å²) >= 11 is 0. The average Bonchev–Trinajstić information content (AvgIpc) is 2.63. The summed E-state index contributed by atoms with van der Waals surface area (Å²) in [4.78, 5) is 13.0. The van der Waals surface area contributed by atoms with Crippen molar-refractivity contribution in [2.24, 2.45) is 0 Å². The number of unbranched alkanes of at least 4 members (excludes halogenated alkanes) is 2. The van der Waals surface area contributed by atoms with Crippen LogP contribution >= 0.6 is 0 Å². The van der Waals surface area contributed by atoms with Crippen LogP contribution < -0.4 is 5.43 Å². The van der Waals surface area contributed by atoms with Crippen molar-refractivity contribution in [2.75, 3.05) is 0 Å². The van der Waals surface area contributed by atoms with Gasteiger partial charge in [0.2, 0.25) is 5.43 Å². The Morgan fingerprint density at radius 3 is 2.58 bits per heavy atom. The molecule has 3 rings (SSSR count). The molecule has 26 heavy (non-hydrogen) atoms. The van der Waals surface area contributed by atoms with Gasteiger partial charge >= 0.3 is 0 Å². The third-order valence-corrected chi connectivity index (χ3v) is 4.68. The van der Waals surface area contributed by atoms with Crippen LogP contribution in [0.4, 0.5) is 0 Å². The van der Waals surface area contributed by atoms with E-state index in [0.29, 0.717) is 11.1 Å². The van der Waals surface area contributed by atoms with E-state index in [2.05, 4.69) is 12.0 Å². The first-order chi connectivity index (χ1) is 12.4. The first-order valence-corrected chi connectivity index (χ1v) is 9.25. The number of hydrogen-bond donors (Lipinski definition) is 1. The lowest BCUT2D eigenvalue weighted by molar-refractivity contribution is 0.0786. The van der Waals surface area contributed by atoms with Gasteiger partial charge in [0.25, 0.3) is 0 Å². The zero-order valence-electron chi connectivity index (χ0n) is 15.7. The maximum Gasteiger partial charge on any atom is 0.215 e. The van der Waals surface area contributed by atoms with Gasteiger partial charge < -0.3 is 5.11 Å². The molecule has 136 valence electrons. The first kappa shape index (κ1) is 18.3. The molecule has 0 saturated heterocycles. The Hall–Kier alpha value is -2.46. The minimum Gasteiger partial charge on any atom is -0.386 e. The van der Waals surface area contributed by atoms with E-state index in [1.165, 1.54) is 0 Å². The van der Waals surface area contributed by atoms with Gasteiger partial charge in [-0.1, -0.05) is 50.1 Å². The third kappa shape index (κ3) is 3.70. The maximum atomic E-state index is 13.0. The van der Waals surface area contributed by atoms with E-state index in [9.17, 15) is 9.90 Å². The minimum atomic E-state index is -0.965. The zero-order valence-corrected chi connectivity index (χ0v) is 15.7. The molecule has 1 N–H and O–H groups in total. The molecule has 0 amide bonds. The van der Waals surface area contributed by atoms with E-state index in [1.54, 1.807) is 13.8 Å². The highest BCUT2D eigenvalue weighted by molar-refractivity contribution is 5.82. The minimum absolute atomic E-state index is 0.0692. The lowest BCUT2D eigenvalue weighted by Gasteiger charge is -2.18. The Morgan fingerprint density at radius 2 is 1.85 bits per heavy atom. The summed E-state index contributed by atoms with van der Waals surface area (Å²) < 4.78 is 1.94. The Balaban J connectivity index is 2.17. The van der Waals surface area contributed by atoms with Gasteiger partial charge in [-0.25, -0.2) is 0 Å². The van der Waals surface area contributed by atoms with E-state index < -0.39 is 5.60 Å². The fourth-order valence-corrected chi connectivity index (χ4v) is 3.16. The van der Waals surface area contributed by atoms with Crippen LogP contribution in [-0.2, 0) is 12.1 Å². The SMILES string of the molecule is CCCCCn1nc(-c2cccc(C(C)(C)O)c2)c(=O)c2ccccc21. The molecule has 0 aliphatic heterocycles. The van der Waals surface area contributed by atoms with Crippen molar-refractivity contribution in [3.8, 4) is 11.3 Å². The number of nitrogens with zero attached hydrogens (tertiary/aromatic N) is 2. The van der Waals surface area contributed by atoms with Crippen LogP contribution in [0.2, 0.25) is 0 Å². The number of hydrogen-bond acceptors (Lipinski definition) is 3. The molecule has 4 heteroatoms. The van der Waals surface area contributed by atoms with Crippen molar-refractivity contribution >= 4 is 10.9 Å². The third-order valence-electron chi connectivity index (χ3n) is 4.68. The first-order valence-electron chi connectivity index (χ1n) is 9.25. The van der Waals surface area contributed by atoms with Crippen LogP contribution in [-0.4, -0.2) is 14.9 Å². The van der Waals surface area contributed by atoms with Crippen molar-refractivity contribution in [3.05, 3.63) is 64.3 Å². The highest BCUT2D eigenvalue weighted by Crippen LogP contribution is 2.25. The lowest BCUT2D eigenvalue weighted by Crippen LogP contribution is -2.18. The monoisotopic (exact) mass is 350 g/mol. The van der Waals surface area contributed by atoms with Crippen molar-refractivity contribution in [1.29, 1.82) is 0 Å². The van der Waals surface area contributed by atoms with E-state index in [4.69, 9.17) is 0 Å². The van der Waals surface area contributed by atoms with Gasteiger partial charge in [-0.2, -0.15) is 5.10 Å². The molecule has 3 aromatic rings. The fourth-order valence-electron chi connectivity index (χ4n) is 3.16. The highest BCUT2D eigenvalue weighted by Gasteiger charge is 2.18. The molecule has 1 aromatic heterocycles. The van der Waals surface area contributed by atoms with Crippen molar-refractivity contribution in [1.82, 2.24) is 9.78 Å². The van der Waals surface area contributed by atoms with Gasteiger partial charge in [-0.3, -0.25) is 9.48 Å². The van der Waals surface area contributed by atoms with Gasteiger partial charge in [0, 0.05) is 17.5 Å². The molecule has 0 saturated carbocycles. The second-order valence-electron chi connectivity index (χ2n) is 7.26. The Morgan fingerprint density at radius 1 is 1.08 bits per heavy atom. The summed E-state index contributed by atoms with van der Waals surface area (Å²) in [6.45, 7) is 6.43. The Labute approximate surface area is 154 Å². The van der Waals surface area contributed by atoms with Crippen LogP contribution in [0.1, 0.15) is 45.6 Å². The summed E-state index contributed by atoms with van der Waals surface area (Å²) in [5, 5.41) is 15.7. The van der Waals surface area contributed by atoms with Gasteiger partial charge in [0.05, 0.1) is 11.1 Å². The van der Waals surface area contributed by atoms with Crippen LogP contribution in [0.25, 0.3) is 22.2 Å². The Kier molecular flexibility index (Phi) is 5.23. The van der Waals surface area contributed by atoms with E-state index in [0.717, 1.165) is 42.5 Å². The predicted octanol–water partition coefficient (Wildman–Crippen LogP) is 4.48. The molecule has 0 spiro atoms. The van der Waals surface area contributed by atoms with Gasteiger partial charge in [-0.15, -0.1) is 0 Å². The van der Waals surface area contributed by atoms with Gasteiger partial charge in [0.1, 0.15) is 5.69 Å². The molecule has 1 heterocycles. The quantitative estimate of drug-likeness (QED) is 0.667. The predicted molar refractivity (Wildman–Crippen MR) is 106 cm³/mol. The molecule has 0 unspecified atom stereocenters. The molecule has 0 atom stereocenters. The molecular weight excluding hydrogens is 324 g/mol. The van der Waals surface area contributed by atoms with Crippen LogP contribution in [0.15, 0.2) is 53.3 Å². The van der Waals surface area contributed by atoms with Gasteiger partial charge in [-0.05, 0) is 44.0 Å². The summed E-state index contributed by atoms with van der Waals surface area (Å²) in [5.74, 6) is 0. The number of aryl methyl sites for hydroxylation is 1. The Bertz CT molecular complexity index is 968. The average molecular weight is 350 g/mol. The molecule has 0 aliphatic rings. The van der Waals surface area contributed by atoms with Crippen molar-refractivity contribution in [2.45, 2.75) is 52.2 Å². The molecule has 2 aromatic carbocycles. The number of fused-ring (bicyclic) bond motifs is 1. The van der Waals surface area contributed by atoms with E-state index in [-0.39, 0.29) is 5.43 Å². The highest BCUT2D eigenvalue weighted by atomic mass is 16.3. The fraction of sp³-hybridized carbons (Fsp3) is 0.364. The molecule has 4 nitrogen and oxygen atoms in total. The van der Waals surface area contributed by atoms with Gasteiger partial charge in [0.15, 0.2) is 0 Å². The number of aromatic nitrogens is 2. The second kappa shape index (κ2) is 7.42. The van der Waals surface area contributed by atoms with Crippen molar-refractivity contribution < 1.29 is 5.11 Å². The standard InChI is InChI=1S/C22H26N2O2/c1-4-5-8-14-24-19-13-7-6-12-18(19)21(25)20(23-24)16-10-9-11-17(15-16)22(2,3)26/h6-7,9-13,15,26H,4-5,8,14H2,1-3H3. The molecule has 0 bridgehead atoms. The molecule has 0 radical (unpaired) electrons. The molecular formula is C22H26N2O2.